The van der Waals surface area contributed by atoms with Gasteiger partial charge in [-0.2, -0.15) is 4.31 Å². The highest BCUT2D eigenvalue weighted by Crippen LogP contribution is 2.37. The molecule has 0 aliphatic carbocycles. The van der Waals surface area contributed by atoms with Gasteiger partial charge in [0, 0.05) is 48.6 Å². The van der Waals surface area contributed by atoms with Gasteiger partial charge in [0.2, 0.25) is 10.0 Å². The second kappa shape index (κ2) is 8.28. The molecule has 5 rings (SSSR count). The first kappa shape index (κ1) is 21.6. The average molecular weight is 464 g/mol. The molecule has 2 bridgehead atoms. The van der Waals surface area contributed by atoms with Gasteiger partial charge in [0.1, 0.15) is 0 Å². The van der Waals surface area contributed by atoms with E-state index in [2.05, 4.69) is 5.32 Å². The Kier molecular flexibility index (Phi) is 5.42. The number of amides is 1. The molecule has 2 aliphatic heterocycles. The highest BCUT2D eigenvalue weighted by Gasteiger charge is 2.39. The Hall–Kier alpha value is -3.23. The smallest absolute Gasteiger partial charge is 0.255 e. The molecule has 1 N–H and O–H groups in total. The van der Waals surface area contributed by atoms with E-state index in [0.29, 0.717) is 30.9 Å². The van der Waals surface area contributed by atoms with E-state index in [1.165, 1.54) is 16.4 Å². The molecule has 7 nitrogen and oxygen atoms in total. The molecule has 1 aromatic heterocycles. The predicted octanol–water partition coefficient (Wildman–Crippen LogP) is 3.22. The van der Waals surface area contributed by atoms with Crippen molar-refractivity contribution in [2.45, 2.75) is 30.7 Å². The maximum Gasteiger partial charge on any atom is 0.255 e. The van der Waals surface area contributed by atoms with E-state index in [4.69, 9.17) is 0 Å². The van der Waals surface area contributed by atoms with Gasteiger partial charge in [0.25, 0.3) is 11.5 Å². The van der Waals surface area contributed by atoms with Crippen molar-refractivity contribution < 1.29 is 13.2 Å². The maximum absolute atomic E-state index is 13.4. The average Bonchev–Trinajstić information content (AvgIpc) is 2.80. The molecule has 0 saturated carbocycles. The molecule has 2 unspecified atom stereocenters. The van der Waals surface area contributed by atoms with Crippen LogP contribution in [-0.2, 0) is 16.6 Å². The third-order valence-electron chi connectivity index (χ3n) is 6.51. The van der Waals surface area contributed by atoms with Gasteiger partial charge in [-0.3, -0.25) is 9.59 Å². The zero-order chi connectivity index (χ0) is 23.2. The number of carbonyl (C=O) groups is 1. The fourth-order valence-electron chi connectivity index (χ4n) is 4.82. The maximum atomic E-state index is 13.4. The van der Waals surface area contributed by atoms with Crippen LogP contribution in [-0.4, -0.2) is 36.3 Å². The van der Waals surface area contributed by atoms with Gasteiger partial charge in [-0.05, 0) is 61.7 Å². The van der Waals surface area contributed by atoms with Crippen molar-refractivity contribution in [2.24, 2.45) is 5.92 Å². The first-order chi connectivity index (χ1) is 15.8. The van der Waals surface area contributed by atoms with Gasteiger partial charge in [0.15, 0.2) is 0 Å². The summed E-state index contributed by atoms with van der Waals surface area (Å²) in [5.41, 5.74) is 3.02. The molecule has 2 aliphatic rings. The summed E-state index contributed by atoms with van der Waals surface area (Å²) in [6.45, 7) is 3.25. The van der Waals surface area contributed by atoms with Crippen molar-refractivity contribution in [3.63, 3.8) is 0 Å². The van der Waals surface area contributed by atoms with Crippen molar-refractivity contribution in [1.82, 2.24) is 8.87 Å². The molecule has 2 aromatic carbocycles. The van der Waals surface area contributed by atoms with E-state index in [0.717, 1.165) is 17.7 Å². The fourth-order valence-corrected chi connectivity index (χ4v) is 6.38. The Labute approximate surface area is 192 Å². The van der Waals surface area contributed by atoms with Gasteiger partial charge in [-0.15, -0.1) is 0 Å². The van der Waals surface area contributed by atoms with Crippen LogP contribution in [0.3, 0.4) is 0 Å². The number of nitrogens with one attached hydrogen (secondary N) is 1. The van der Waals surface area contributed by atoms with Gasteiger partial charge >= 0.3 is 0 Å². The number of carbonyl (C=O) groups excluding carboxylic acids is 1. The van der Waals surface area contributed by atoms with Crippen LogP contribution in [0.15, 0.2) is 76.4 Å². The van der Waals surface area contributed by atoms with Crippen molar-refractivity contribution in [1.29, 1.82) is 0 Å². The second-order valence-corrected chi connectivity index (χ2v) is 10.8. The Balaban J connectivity index is 1.33. The number of pyridine rings is 1. The number of piperidine rings is 1. The van der Waals surface area contributed by atoms with Crippen LogP contribution in [0.1, 0.15) is 34.0 Å². The summed E-state index contributed by atoms with van der Waals surface area (Å²) in [6, 6.07) is 18.7. The molecule has 0 spiro atoms. The van der Waals surface area contributed by atoms with E-state index < -0.39 is 10.0 Å². The number of aromatic nitrogens is 1. The van der Waals surface area contributed by atoms with E-state index in [1.807, 2.05) is 25.1 Å². The van der Waals surface area contributed by atoms with Gasteiger partial charge < -0.3 is 9.88 Å². The van der Waals surface area contributed by atoms with Gasteiger partial charge in [-0.1, -0.05) is 23.8 Å². The number of nitrogens with zero attached hydrogens (tertiary/aromatic N) is 2. The van der Waals surface area contributed by atoms with Gasteiger partial charge in [-0.25, -0.2) is 8.42 Å². The van der Waals surface area contributed by atoms with Crippen LogP contribution in [0.4, 0.5) is 5.69 Å². The number of rotatable bonds is 4. The highest BCUT2D eigenvalue weighted by atomic mass is 32.2. The normalized spacial score (nSPS) is 20.2. The molecule has 1 amide bonds. The number of hydrogen-bond acceptors (Lipinski definition) is 4. The number of anilines is 1. The largest absolute Gasteiger partial charge is 0.322 e. The monoisotopic (exact) mass is 463 g/mol. The molecular weight excluding hydrogens is 438 g/mol. The fraction of sp³-hybridized carbons (Fsp3) is 0.280. The lowest BCUT2D eigenvalue weighted by atomic mass is 9.84. The lowest BCUT2D eigenvalue weighted by Gasteiger charge is -2.42. The highest BCUT2D eigenvalue weighted by molar-refractivity contribution is 7.89. The Morgan fingerprint density at radius 2 is 1.67 bits per heavy atom. The molecule has 0 radical (unpaired) electrons. The molecule has 33 heavy (non-hydrogen) atoms. The SMILES string of the molecule is Cc1ccc(C(=O)Nc2ccc(S(=O)(=O)N3CC4CC(C3)c3cccc(=O)n3C4)cc2)cc1. The van der Waals surface area contributed by atoms with E-state index in [1.54, 1.807) is 41.0 Å². The summed E-state index contributed by atoms with van der Waals surface area (Å²) in [5.74, 6) is -0.128. The topological polar surface area (TPSA) is 88.5 Å². The Morgan fingerprint density at radius 1 is 0.939 bits per heavy atom. The summed E-state index contributed by atoms with van der Waals surface area (Å²) in [6.07, 6.45) is 0.888. The molecule has 1 saturated heterocycles. The standard InChI is InChI=1S/C25H25N3O4S/c1-17-5-7-19(8-6-17)25(30)26-21-9-11-22(12-10-21)33(31,32)27-14-18-13-20(16-27)23-3-2-4-24(29)28(23)15-18/h2-12,18,20H,13-16H2,1H3,(H,26,30). The van der Waals surface area contributed by atoms with E-state index >= 15 is 0 Å². The minimum absolute atomic E-state index is 0.00856. The lowest BCUT2D eigenvalue weighted by molar-refractivity contribution is 0.102. The summed E-state index contributed by atoms with van der Waals surface area (Å²) in [4.78, 5) is 24.8. The minimum atomic E-state index is -3.69. The minimum Gasteiger partial charge on any atom is -0.322 e. The van der Waals surface area contributed by atoms with Crippen LogP contribution in [0.2, 0.25) is 0 Å². The zero-order valence-electron chi connectivity index (χ0n) is 18.3. The Morgan fingerprint density at radius 3 is 2.39 bits per heavy atom. The lowest BCUT2D eigenvalue weighted by Crippen LogP contribution is -2.48. The molecule has 3 aromatic rings. The van der Waals surface area contributed by atoms with Crippen LogP contribution < -0.4 is 10.9 Å². The third-order valence-corrected chi connectivity index (χ3v) is 8.36. The van der Waals surface area contributed by atoms with Crippen LogP contribution in [0, 0.1) is 12.8 Å². The van der Waals surface area contributed by atoms with E-state index in [-0.39, 0.29) is 28.2 Å². The van der Waals surface area contributed by atoms with Crippen LogP contribution >= 0.6 is 0 Å². The number of sulfonamides is 1. The van der Waals surface area contributed by atoms with Crippen molar-refractivity contribution >= 4 is 21.6 Å². The molecule has 1 fully saturated rings. The number of hydrogen-bond donors (Lipinski definition) is 1. The van der Waals surface area contributed by atoms with Crippen molar-refractivity contribution in [3.8, 4) is 0 Å². The number of aryl methyl sites for hydroxylation is 1. The Bertz CT molecular complexity index is 1360. The zero-order valence-corrected chi connectivity index (χ0v) is 19.1. The molecular formula is C25H25N3O4S. The molecule has 2 atom stereocenters. The van der Waals surface area contributed by atoms with Crippen LogP contribution in [0.5, 0.6) is 0 Å². The van der Waals surface area contributed by atoms with Crippen molar-refractivity contribution in [3.05, 3.63) is 93.9 Å². The summed E-state index contributed by atoms with van der Waals surface area (Å²) in [7, 11) is -3.69. The molecule has 170 valence electrons. The van der Waals surface area contributed by atoms with E-state index in [9.17, 15) is 18.0 Å². The van der Waals surface area contributed by atoms with Crippen LogP contribution in [0.25, 0.3) is 0 Å². The summed E-state index contributed by atoms with van der Waals surface area (Å²) >= 11 is 0. The second-order valence-electron chi connectivity index (χ2n) is 8.86. The molecule has 3 heterocycles. The van der Waals surface area contributed by atoms with Crippen molar-refractivity contribution in [2.75, 3.05) is 18.4 Å². The first-order valence-electron chi connectivity index (χ1n) is 11.0. The third kappa shape index (κ3) is 4.12. The number of benzene rings is 2. The predicted molar refractivity (Wildman–Crippen MR) is 126 cm³/mol. The quantitative estimate of drug-likeness (QED) is 0.644. The first-order valence-corrected chi connectivity index (χ1v) is 12.4. The summed E-state index contributed by atoms with van der Waals surface area (Å²) < 4.78 is 30.0. The number of fused-ring (bicyclic) bond motifs is 4. The van der Waals surface area contributed by atoms with Gasteiger partial charge in [0.05, 0.1) is 4.90 Å². The summed E-state index contributed by atoms with van der Waals surface area (Å²) in [5, 5.41) is 2.80. The molecule has 8 heteroatoms.